The molecule has 6 aliphatic rings. The smallest absolute Gasteiger partial charge is 0.274 e. The number of halogens is 2. The maximum atomic E-state index is 15.5. The number of piperidine rings is 2. The van der Waals surface area contributed by atoms with Crippen molar-refractivity contribution in [3.8, 4) is 5.75 Å². The normalized spacial score (nSPS) is 26.5. The lowest BCUT2D eigenvalue weighted by Gasteiger charge is -2.42. The quantitative estimate of drug-likeness (QED) is 0.255. The molecule has 4 aliphatic heterocycles. The summed E-state index contributed by atoms with van der Waals surface area (Å²) in [6.45, 7) is 9.42. The Morgan fingerprint density at radius 3 is 2.25 bits per heavy atom. The minimum Gasteiger partial charge on any atom is -0.508 e. The predicted molar refractivity (Wildman–Crippen MR) is 206 cm³/mol. The number of carbonyl (C=O) groups is 3. The molecule has 55 heavy (non-hydrogen) atoms. The van der Waals surface area contributed by atoms with E-state index in [2.05, 4.69) is 57.3 Å². The van der Waals surface area contributed by atoms with Crippen LogP contribution in [0.4, 0.5) is 20.2 Å². The van der Waals surface area contributed by atoms with E-state index in [1.54, 1.807) is 17.0 Å². The van der Waals surface area contributed by atoms with E-state index < -0.39 is 12.0 Å². The molecular formula is C44H51F2N5O4. The Balaban J connectivity index is 0.783. The number of alkyl halides is 2. The van der Waals surface area contributed by atoms with Crippen LogP contribution in [-0.4, -0.2) is 84.5 Å². The molecule has 4 atom stereocenters. The Labute approximate surface area is 321 Å². The van der Waals surface area contributed by atoms with Crippen molar-refractivity contribution in [1.82, 2.24) is 15.1 Å². The highest BCUT2D eigenvalue weighted by Crippen LogP contribution is 2.57. The van der Waals surface area contributed by atoms with Crippen molar-refractivity contribution in [2.75, 3.05) is 55.6 Å². The van der Waals surface area contributed by atoms with Gasteiger partial charge in [0.2, 0.25) is 11.8 Å². The number of nitrogens with zero attached hydrogens (tertiary/aromatic N) is 4. The van der Waals surface area contributed by atoms with Crippen LogP contribution in [0.5, 0.6) is 5.75 Å². The van der Waals surface area contributed by atoms with Gasteiger partial charge in [0, 0.05) is 93.6 Å². The van der Waals surface area contributed by atoms with Gasteiger partial charge in [-0.1, -0.05) is 25.1 Å². The SMILES string of the molecule is C[C@@H](C1CC1)[C@H]1CC(F)(F)c2cc(O)ccc2[C@H]1c1ccc(N2CCC(CN3CCN(c4ccc5c(c4)CN([C@H]4CCC(=O)NC4=O)C5=O)CC3)CC2)cc1. The summed E-state index contributed by atoms with van der Waals surface area (Å²) in [5.41, 5.74) is 5.59. The molecule has 3 saturated heterocycles. The highest BCUT2D eigenvalue weighted by molar-refractivity contribution is 6.05. The number of benzene rings is 3. The summed E-state index contributed by atoms with van der Waals surface area (Å²) in [5.74, 6) is -2.77. The lowest BCUT2D eigenvalue weighted by Crippen LogP contribution is -2.52. The molecule has 0 bridgehead atoms. The molecule has 1 saturated carbocycles. The first-order valence-electron chi connectivity index (χ1n) is 20.3. The van der Waals surface area contributed by atoms with Gasteiger partial charge in [0.25, 0.3) is 11.8 Å². The van der Waals surface area contributed by atoms with Crippen molar-refractivity contribution >= 4 is 29.1 Å². The van der Waals surface area contributed by atoms with E-state index in [-0.39, 0.29) is 59.6 Å². The van der Waals surface area contributed by atoms with Crippen LogP contribution in [-0.2, 0) is 22.1 Å². The maximum Gasteiger partial charge on any atom is 0.274 e. The summed E-state index contributed by atoms with van der Waals surface area (Å²) in [4.78, 5) is 46.3. The van der Waals surface area contributed by atoms with Crippen LogP contribution < -0.4 is 15.1 Å². The second-order valence-corrected chi connectivity index (χ2v) is 17.1. The van der Waals surface area contributed by atoms with Crippen LogP contribution in [0.2, 0.25) is 0 Å². The number of nitrogens with one attached hydrogen (secondary N) is 1. The fourth-order valence-electron chi connectivity index (χ4n) is 10.4. The van der Waals surface area contributed by atoms with Crippen LogP contribution in [0, 0.1) is 23.7 Å². The van der Waals surface area contributed by atoms with E-state index in [9.17, 15) is 19.5 Å². The van der Waals surface area contributed by atoms with E-state index in [0.29, 0.717) is 35.9 Å². The Hall–Kier alpha value is -4.51. The first-order valence-corrected chi connectivity index (χ1v) is 20.3. The number of hydrogen-bond donors (Lipinski definition) is 2. The zero-order valence-corrected chi connectivity index (χ0v) is 31.6. The van der Waals surface area contributed by atoms with Gasteiger partial charge in [-0.15, -0.1) is 0 Å². The van der Waals surface area contributed by atoms with Crippen LogP contribution in [0.25, 0.3) is 0 Å². The van der Waals surface area contributed by atoms with Crippen LogP contribution in [0.15, 0.2) is 60.7 Å². The summed E-state index contributed by atoms with van der Waals surface area (Å²) in [6.07, 6.45) is 4.93. The van der Waals surface area contributed by atoms with E-state index in [0.717, 1.165) is 88.3 Å². The molecule has 0 spiro atoms. The monoisotopic (exact) mass is 751 g/mol. The molecule has 9 nitrogen and oxygen atoms in total. The molecule has 0 radical (unpaired) electrons. The van der Waals surface area contributed by atoms with Crippen molar-refractivity contribution in [3.63, 3.8) is 0 Å². The van der Waals surface area contributed by atoms with Gasteiger partial charge >= 0.3 is 0 Å². The molecule has 2 N–H and O–H groups in total. The predicted octanol–water partition coefficient (Wildman–Crippen LogP) is 6.48. The number of anilines is 2. The molecular weight excluding hydrogens is 701 g/mol. The third-order valence-electron chi connectivity index (χ3n) is 13.7. The molecule has 2 aliphatic carbocycles. The average Bonchev–Trinajstić information content (AvgIpc) is 3.98. The molecule has 4 heterocycles. The number of phenols is 1. The van der Waals surface area contributed by atoms with Crippen LogP contribution in [0.1, 0.15) is 90.4 Å². The zero-order chi connectivity index (χ0) is 38.0. The summed E-state index contributed by atoms with van der Waals surface area (Å²) >= 11 is 0. The number of piperazine rings is 1. The van der Waals surface area contributed by atoms with Crippen molar-refractivity contribution in [3.05, 3.63) is 88.5 Å². The van der Waals surface area contributed by atoms with Gasteiger partial charge in [-0.05, 0) is 115 Å². The van der Waals surface area contributed by atoms with Crippen LogP contribution in [0.3, 0.4) is 0 Å². The summed E-state index contributed by atoms with van der Waals surface area (Å²) in [5, 5.41) is 12.5. The largest absolute Gasteiger partial charge is 0.508 e. The van der Waals surface area contributed by atoms with E-state index >= 15 is 8.78 Å². The van der Waals surface area contributed by atoms with Gasteiger partial charge in [-0.25, -0.2) is 8.78 Å². The summed E-state index contributed by atoms with van der Waals surface area (Å²) in [7, 11) is 0. The number of fused-ring (bicyclic) bond motifs is 2. The Kier molecular flexibility index (Phi) is 9.34. The number of phenolic OH excluding ortho intramolecular Hbond substituents is 1. The molecule has 9 rings (SSSR count). The second-order valence-electron chi connectivity index (χ2n) is 17.1. The maximum absolute atomic E-state index is 15.5. The molecule has 0 unspecified atom stereocenters. The van der Waals surface area contributed by atoms with Crippen molar-refractivity contribution in [1.29, 1.82) is 0 Å². The lowest BCUT2D eigenvalue weighted by atomic mass is 9.65. The number of hydrogen-bond acceptors (Lipinski definition) is 7. The van der Waals surface area contributed by atoms with Gasteiger partial charge in [0.05, 0.1) is 0 Å². The third kappa shape index (κ3) is 6.98. The minimum atomic E-state index is -2.95. The molecule has 3 amide bonds. The van der Waals surface area contributed by atoms with Crippen molar-refractivity contribution < 1.29 is 28.3 Å². The van der Waals surface area contributed by atoms with Gasteiger partial charge in [-0.2, -0.15) is 0 Å². The van der Waals surface area contributed by atoms with Crippen molar-refractivity contribution in [2.45, 2.75) is 76.3 Å². The first-order chi connectivity index (χ1) is 26.5. The second kappa shape index (κ2) is 14.2. The first kappa shape index (κ1) is 36.1. The molecule has 3 aromatic rings. The van der Waals surface area contributed by atoms with E-state index in [4.69, 9.17) is 0 Å². The van der Waals surface area contributed by atoms with Gasteiger partial charge in [0.15, 0.2) is 0 Å². The molecule has 290 valence electrons. The highest BCUT2D eigenvalue weighted by atomic mass is 19.3. The summed E-state index contributed by atoms with van der Waals surface area (Å²) in [6, 6.07) is 18.7. The third-order valence-corrected chi connectivity index (χ3v) is 13.7. The fourth-order valence-corrected chi connectivity index (χ4v) is 10.4. The number of carbonyl (C=O) groups excluding carboxylic acids is 3. The van der Waals surface area contributed by atoms with E-state index in [1.165, 1.54) is 11.8 Å². The lowest BCUT2D eigenvalue weighted by molar-refractivity contribution is -0.136. The Morgan fingerprint density at radius 2 is 1.55 bits per heavy atom. The topological polar surface area (TPSA) is 96.4 Å². The number of aromatic hydroxyl groups is 1. The standard InChI is InChI=1S/C44H51F2N5O4/c1-27(29-2-3-29)37-24-44(45,46)38-23-34(52)9-11-36(38)41(37)30-4-6-32(7-5-30)49-16-14-28(15-17-49)25-48-18-20-50(21-19-48)33-8-10-35-31(22-33)26-51(43(35)55)39-12-13-40(53)47-42(39)54/h4-11,22-23,27-29,37,39,41,52H,2-3,12-21,24-26H2,1H3,(H,47,53,54)/t27-,37+,39-,41+/m0/s1. The van der Waals surface area contributed by atoms with Gasteiger partial charge in [0.1, 0.15) is 11.8 Å². The van der Waals surface area contributed by atoms with Gasteiger partial charge < -0.3 is 19.8 Å². The summed E-state index contributed by atoms with van der Waals surface area (Å²) < 4.78 is 31.0. The zero-order valence-electron chi connectivity index (χ0n) is 31.6. The van der Waals surface area contributed by atoms with Crippen molar-refractivity contribution in [2.24, 2.45) is 23.7 Å². The molecule has 4 fully saturated rings. The average molecular weight is 752 g/mol. The molecule has 3 aromatic carbocycles. The van der Waals surface area contributed by atoms with Crippen LogP contribution >= 0.6 is 0 Å². The minimum absolute atomic E-state index is 0.0229. The molecule has 11 heteroatoms. The number of amides is 3. The Bertz CT molecular complexity index is 1970. The van der Waals surface area contributed by atoms with E-state index in [1.807, 2.05) is 12.1 Å². The number of rotatable bonds is 8. The highest BCUT2D eigenvalue weighted by Gasteiger charge is 2.50. The number of imide groups is 1. The molecule has 0 aromatic heterocycles. The van der Waals surface area contributed by atoms with Gasteiger partial charge in [-0.3, -0.25) is 24.6 Å². The fraction of sp³-hybridized carbons (Fsp3) is 0.523. The Morgan fingerprint density at radius 1 is 0.836 bits per heavy atom.